The molecule has 0 saturated heterocycles. The normalized spacial score (nSPS) is 9.85. The van der Waals surface area contributed by atoms with Crippen LogP contribution in [-0.4, -0.2) is 44.5 Å². The molecule has 8 heteroatoms. The third-order valence-corrected chi connectivity index (χ3v) is 3.53. The number of hydrogen-bond acceptors (Lipinski definition) is 6. The Morgan fingerprint density at radius 2 is 1.33 bits per heavy atom. The van der Waals surface area contributed by atoms with E-state index in [1.54, 1.807) is 24.3 Å². The fourth-order valence-corrected chi connectivity index (χ4v) is 2.12. The SMILES string of the molecule is CNC(=O)c1ccc(NC(=O)COC(=O)c2ccc(C(=O)OC)cc2)cc1. The van der Waals surface area contributed by atoms with Gasteiger partial charge in [-0.25, -0.2) is 9.59 Å². The third kappa shape index (κ3) is 5.40. The molecule has 140 valence electrons. The molecule has 0 unspecified atom stereocenters. The second-order valence-electron chi connectivity index (χ2n) is 5.35. The van der Waals surface area contributed by atoms with Gasteiger partial charge in [0.2, 0.25) is 0 Å². The first kappa shape index (κ1) is 19.6. The van der Waals surface area contributed by atoms with Gasteiger partial charge < -0.3 is 20.1 Å². The van der Waals surface area contributed by atoms with Crippen LogP contribution in [0.15, 0.2) is 48.5 Å². The maximum atomic E-state index is 11.9. The number of hydrogen-bond donors (Lipinski definition) is 2. The smallest absolute Gasteiger partial charge is 0.338 e. The van der Waals surface area contributed by atoms with Gasteiger partial charge in [0, 0.05) is 18.3 Å². The van der Waals surface area contributed by atoms with Gasteiger partial charge in [-0.2, -0.15) is 0 Å². The fourth-order valence-electron chi connectivity index (χ4n) is 2.12. The van der Waals surface area contributed by atoms with Crippen molar-refractivity contribution in [2.24, 2.45) is 0 Å². The number of amides is 2. The highest BCUT2D eigenvalue weighted by molar-refractivity contribution is 5.97. The zero-order valence-electron chi connectivity index (χ0n) is 14.8. The Bertz CT molecular complexity index is 844. The molecule has 2 rings (SSSR count). The second-order valence-corrected chi connectivity index (χ2v) is 5.35. The van der Waals surface area contributed by atoms with Crippen LogP contribution < -0.4 is 10.6 Å². The summed E-state index contributed by atoms with van der Waals surface area (Å²) in [7, 11) is 2.78. The van der Waals surface area contributed by atoms with Gasteiger partial charge in [0.25, 0.3) is 11.8 Å². The quantitative estimate of drug-likeness (QED) is 0.748. The predicted molar refractivity (Wildman–Crippen MR) is 96.5 cm³/mol. The molecule has 0 heterocycles. The van der Waals surface area contributed by atoms with Crippen LogP contribution in [0, 0.1) is 0 Å². The van der Waals surface area contributed by atoms with E-state index in [-0.39, 0.29) is 11.5 Å². The summed E-state index contributed by atoms with van der Waals surface area (Å²) in [6.07, 6.45) is 0. The van der Waals surface area contributed by atoms with Crippen molar-refractivity contribution in [1.82, 2.24) is 5.32 Å². The Morgan fingerprint density at radius 1 is 0.815 bits per heavy atom. The molecular weight excluding hydrogens is 352 g/mol. The molecule has 0 bridgehead atoms. The van der Waals surface area contributed by atoms with Gasteiger partial charge in [-0.15, -0.1) is 0 Å². The first-order valence-electron chi connectivity index (χ1n) is 7.92. The molecule has 0 saturated carbocycles. The summed E-state index contributed by atoms with van der Waals surface area (Å²) < 4.78 is 9.51. The molecule has 27 heavy (non-hydrogen) atoms. The highest BCUT2D eigenvalue weighted by Gasteiger charge is 2.12. The molecule has 8 nitrogen and oxygen atoms in total. The number of benzene rings is 2. The molecule has 2 aromatic rings. The molecule has 0 aliphatic heterocycles. The van der Waals surface area contributed by atoms with E-state index in [2.05, 4.69) is 15.4 Å². The summed E-state index contributed by atoms with van der Waals surface area (Å²) >= 11 is 0. The van der Waals surface area contributed by atoms with Crippen molar-refractivity contribution in [3.8, 4) is 0 Å². The van der Waals surface area contributed by atoms with Crippen LogP contribution in [0.4, 0.5) is 5.69 Å². The van der Waals surface area contributed by atoms with E-state index in [1.807, 2.05) is 0 Å². The van der Waals surface area contributed by atoms with Gasteiger partial charge in [-0.3, -0.25) is 9.59 Å². The lowest BCUT2D eigenvalue weighted by molar-refractivity contribution is -0.119. The molecule has 0 aromatic heterocycles. The Balaban J connectivity index is 1.86. The molecule has 2 aromatic carbocycles. The van der Waals surface area contributed by atoms with Gasteiger partial charge >= 0.3 is 11.9 Å². The fraction of sp³-hybridized carbons (Fsp3) is 0.158. The van der Waals surface area contributed by atoms with Gasteiger partial charge in [-0.05, 0) is 48.5 Å². The van der Waals surface area contributed by atoms with Gasteiger partial charge in [0.1, 0.15) is 0 Å². The van der Waals surface area contributed by atoms with Crippen molar-refractivity contribution in [1.29, 1.82) is 0 Å². The summed E-state index contributed by atoms with van der Waals surface area (Å²) in [5.41, 5.74) is 1.42. The predicted octanol–water partition coefficient (Wildman–Crippen LogP) is 1.63. The maximum absolute atomic E-state index is 11.9. The van der Waals surface area contributed by atoms with Gasteiger partial charge in [-0.1, -0.05) is 0 Å². The summed E-state index contributed by atoms with van der Waals surface area (Å²) in [5.74, 6) is -1.98. The topological polar surface area (TPSA) is 111 Å². The highest BCUT2D eigenvalue weighted by atomic mass is 16.5. The Hall–Kier alpha value is -3.68. The van der Waals surface area contributed by atoms with Crippen LogP contribution in [0.3, 0.4) is 0 Å². The second kappa shape index (κ2) is 9.14. The number of carbonyl (C=O) groups is 4. The molecule has 2 amide bonds. The lowest BCUT2D eigenvalue weighted by Crippen LogP contribution is -2.21. The maximum Gasteiger partial charge on any atom is 0.338 e. The molecule has 0 aliphatic carbocycles. The number of carbonyl (C=O) groups excluding carboxylic acids is 4. The Labute approximate surface area is 155 Å². The van der Waals surface area contributed by atoms with E-state index in [9.17, 15) is 19.2 Å². The monoisotopic (exact) mass is 370 g/mol. The number of anilines is 1. The minimum Gasteiger partial charge on any atom is -0.465 e. The van der Waals surface area contributed by atoms with Crippen molar-refractivity contribution < 1.29 is 28.7 Å². The van der Waals surface area contributed by atoms with Crippen LogP contribution >= 0.6 is 0 Å². The first-order valence-corrected chi connectivity index (χ1v) is 7.92. The minimum absolute atomic E-state index is 0.199. The third-order valence-electron chi connectivity index (χ3n) is 3.53. The first-order chi connectivity index (χ1) is 12.9. The number of rotatable bonds is 6. The molecule has 0 radical (unpaired) electrons. The summed E-state index contributed by atoms with van der Waals surface area (Å²) in [6, 6.07) is 11.9. The van der Waals surface area contributed by atoms with Crippen LogP contribution in [0.2, 0.25) is 0 Å². The van der Waals surface area contributed by atoms with Crippen LogP contribution in [0.25, 0.3) is 0 Å². The number of methoxy groups -OCH3 is 1. The zero-order valence-corrected chi connectivity index (χ0v) is 14.8. The highest BCUT2D eigenvalue weighted by Crippen LogP contribution is 2.10. The van der Waals surface area contributed by atoms with Crippen LogP contribution in [-0.2, 0) is 14.3 Å². The van der Waals surface area contributed by atoms with Crippen molar-refractivity contribution in [3.63, 3.8) is 0 Å². The van der Waals surface area contributed by atoms with E-state index in [1.165, 1.54) is 38.4 Å². The average Bonchev–Trinajstić information content (AvgIpc) is 2.71. The van der Waals surface area contributed by atoms with Crippen LogP contribution in [0.5, 0.6) is 0 Å². The van der Waals surface area contributed by atoms with Crippen molar-refractivity contribution in [2.45, 2.75) is 0 Å². The Morgan fingerprint density at radius 3 is 1.85 bits per heavy atom. The van der Waals surface area contributed by atoms with E-state index in [4.69, 9.17) is 4.74 Å². The van der Waals surface area contributed by atoms with Gasteiger partial charge in [0.05, 0.1) is 18.2 Å². The summed E-state index contributed by atoms with van der Waals surface area (Å²) in [5, 5.41) is 5.05. The Kier molecular flexibility index (Phi) is 6.65. The lowest BCUT2D eigenvalue weighted by atomic mass is 10.1. The summed E-state index contributed by atoms with van der Waals surface area (Å²) in [4.78, 5) is 46.6. The zero-order chi connectivity index (χ0) is 19.8. The molecule has 0 fully saturated rings. The number of nitrogens with one attached hydrogen (secondary N) is 2. The minimum atomic E-state index is -0.698. The molecule has 0 spiro atoms. The van der Waals surface area contributed by atoms with Crippen molar-refractivity contribution >= 4 is 29.4 Å². The molecule has 0 atom stereocenters. The molecule has 2 N–H and O–H groups in total. The van der Waals surface area contributed by atoms with Crippen molar-refractivity contribution in [3.05, 3.63) is 65.2 Å². The standard InChI is InChI=1S/C19H18N2O6/c1-20-17(23)12-7-9-15(10-8-12)21-16(22)11-27-19(25)14-5-3-13(4-6-14)18(24)26-2/h3-10H,11H2,1-2H3,(H,20,23)(H,21,22). The largest absolute Gasteiger partial charge is 0.465 e. The summed E-state index contributed by atoms with van der Waals surface area (Å²) in [6.45, 7) is -0.477. The number of ether oxygens (including phenoxy) is 2. The van der Waals surface area contributed by atoms with E-state index in [0.29, 0.717) is 16.8 Å². The molecule has 0 aliphatic rings. The lowest BCUT2D eigenvalue weighted by Gasteiger charge is -2.08. The van der Waals surface area contributed by atoms with Crippen LogP contribution in [0.1, 0.15) is 31.1 Å². The number of esters is 2. The van der Waals surface area contributed by atoms with E-state index in [0.717, 1.165) is 0 Å². The van der Waals surface area contributed by atoms with Crippen molar-refractivity contribution in [2.75, 3.05) is 26.1 Å². The van der Waals surface area contributed by atoms with E-state index < -0.39 is 24.5 Å². The molecular formula is C19H18N2O6. The average molecular weight is 370 g/mol. The van der Waals surface area contributed by atoms with E-state index >= 15 is 0 Å². The van der Waals surface area contributed by atoms with Gasteiger partial charge in [0.15, 0.2) is 6.61 Å².